The zero-order valence-corrected chi connectivity index (χ0v) is 13.4. The number of ether oxygens (including phenoxy) is 1. The Balaban J connectivity index is 1.88. The van der Waals surface area contributed by atoms with Crippen molar-refractivity contribution in [2.45, 2.75) is 53.0 Å². The molecule has 2 heteroatoms. The highest BCUT2D eigenvalue weighted by molar-refractivity contribution is 5.55. The van der Waals surface area contributed by atoms with Gasteiger partial charge < -0.3 is 10.1 Å². The predicted octanol–water partition coefficient (Wildman–Crippen LogP) is 4.63. The van der Waals surface area contributed by atoms with Gasteiger partial charge in [-0.2, -0.15) is 0 Å². The molecule has 3 atom stereocenters. The fourth-order valence-corrected chi connectivity index (χ4v) is 4.74. The Morgan fingerprint density at radius 3 is 2.55 bits per heavy atom. The fourth-order valence-electron chi connectivity index (χ4n) is 4.74. The van der Waals surface area contributed by atoms with Gasteiger partial charge in [0.15, 0.2) is 0 Å². The highest BCUT2D eigenvalue weighted by atomic mass is 16.5. The number of fused-ring (bicyclic) bond motifs is 2. The second-order valence-electron chi connectivity index (χ2n) is 7.67. The third-order valence-corrected chi connectivity index (χ3v) is 6.00. The lowest BCUT2D eigenvalue weighted by molar-refractivity contribution is 0.155. The van der Waals surface area contributed by atoms with Crippen molar-refractivity contribution < 1.29 is 4.74 Å². The molecule has 2 aliphatic carbocycles. The number of rotatable bonds is 3. The molecule has 20 heavy (non-hydrogen) atoms. The maximum atomic E-state index is 5.30. The zero-order chi connectivity index (χ0) is 14.5. The first kappa shape index (κ1) is 13.8. The highest BCUT2D eigenvalue weighted by Crippen LogP contribution is 2.63. The largest absolute Gasteiger partial charge is 0.497 e. The second-order valence-corrected chi connectivity index (χ2v) is 7.67. The van der Waals surface area contributed by atoms with Crippen LogP contribution in [-0.4, -0.2) is 13.2 Å². The van der Waals surface area contributed by atoms with Crippen molar-refractivity contribution in [3.63, 3.8) is 0 Å². The van der Waals surface area contributed by atoms with Crippen LogP contribution in [0.25, 0.3) is 0 Å². The highest BCUT2D eigenvalue weighted by Gasteiger charge is 2.59. The molecule has 0 heterocycles. The molecule has 0 spiro atoms. The van der Waals surface area contributed by atoms with Crippen LogP contribution in [0.15, 0.2) is 18.2 Å². The summed E-state index contributed by atoms with van der Waals surface area (Å²) in [4.78, 5) is 0. The van der Waals surface area contributed by atoms with Gasteiger partial charge in [0, 0.05) is 11.7 Å². The van der Waals surface area contributed by atoms with Crippen LogP contribution in [-0.2, 0) is 0 Å². The summed E-state index contributed by atoms with van der Waals surface area (Å²) in [5, 5.41) is 3.87. The number of hydrogen-bond acceptors (Lipinski definition) is 2. The normalized spacial score (nSPS) is 34.2. The SMILES string of the molecule is COc1ccc(NC2C(C)(C)[C@H]3CC[C@]2(C)C3)c(C)c1. The average molecular weight is 273 g/mol. The van der Waals surface area contributed by atoms with E-state index in [0.29, 0.717) is 16.9 Å². The number of aryl methyl sites for hydroxylation is 1. The molecule has 0 aliphatic heterocycles. The quantitative estimate of drug-likeness (QED) is 0.867. The molecule has 1 aromatic rings. The molecule has 0 radical (unpaired) electrons. The van der Waals surface area contributed by atoms with E-state index in [0.717, 1.165) is 11.7 Å². The summed E-state index contributed by atoms with van der Waals surface area (Å²) in [5.74, 6) is 1.81. The van der Waals surface area contributed by atoms with Crippen LogP contribution in [0, 0.1) is 23.7 Å². The molecule has 0 aromatic heterocycles. The Hall–Kier alpha value is -1.18. The second kappa shape index (κ2) is 4.41. The van der Waals surface area contributed by atoms with Crippen LogP contribution in [0.3, 0.4) is 0 Å². The Kier molecular flexibility index (Phi) is 3.04. The van der Waals surface area contributed by atoms with Gasteiger partial charge in [0.2, 0.25) is 0 Å². The number of nitrogens with one attached hydrogen (secondary N) is 1. The molecule has 2 nitrogen and oxygen atoms in total. The first-order chi connectivity index (χ1) is 9.37. The van der Waals surface area contributed by atoms with Gasteiger partial charge in [0.05, 0.1) is 7.11 Å². The molecule has 3 rings (SSSR count). The van der Waals surface area contributed by atoms with Crippen molar-refractivity contribution in [2.24, 2.45) is 16.7 Å². The topological polar surface area (TPSA) is 21.3 Å². The van der Waals surface area contributed by atoms with E-state index in [1.54, 1.807) is 7.11 Å². The standard InChI is InChI=1S/C18H27NO/c1-12-10-14(20-5)6-7-15(12)19-16-17(2,3)13-8-9-18(16,4)11-13/h6-7,10,13,16,19H,8-9,11H2,1-5H3/t13-,16?,18+/m0/s1. The van der Waals surface area contributed by atoms with Crippen molar-refractivity contribution >= 4 is 5.69 Å². The minimum Gasteiger partial charge on any atom is -0.497 e. The molecular formula is C18H27NO. The molecule has 1 N–H and O–H groups in total. The molecule has 2 fully saturated rings. The summed E-state index contributed by atoms with van der Waals surface area (Å²) < 4.78 is 5.30. The Morgan fingerprint density at radius 2 is 2.00 bits per heavy atom. The van der Waals surface area contributed by atoms with E-state index in [4.69, 9.17) is 4.74 Å². The molecule has 0 amide bonds. The number of hydrogen-bond donors (Lipinski definition) is 1. The van der Waals surface area contributed by atoms with E-state index < -0.39 is 0 Å². The lowest BCUT2D eigenvalue weighted by Gasteiger charge is -2.44. The Morgan fingerprint density at radius 1 is 1.25 bits per heavy atom. The third-order valence-electron chi connectivity index (χ3n) is 6.00. The van der Waals surface area contributed by atoms with Gasteiger partial charge in [-0.1, -0.05) is 20.8 Å². The summed E-state index contributed by atoms with van der Waals surface area (Å²) >= 11 is 0. The fraction of sp³-hybridized carbons (Fsp3) is 0.667. The van der Waals surface area contributed by atoms with Crippen LogP contribution >= 0.6 is 0 Å². The van der Waals surface area contributed by atoms with Crippen LogP contribution < -0.4 is 10.1 Å². The van der Waals surface area contributed by atoms with E-state index in [2.05, 4.69) is 51.2 Å². The summed E-state index contributed by atoms with van der Waals surface area (Å²) in [6, 6.07) is 6.91. The predicted molar refractivity (Wildman–Crippen MR) is 84.4 cm³/mol. The summed E-state index contributed by atoms with van der Waals surface area (Å²) in [5.41, 5.74) is 3.38. The van der Waals surface area contributed by atoms with Gasteiger partial charge in [-0.05, 0) is 66.7 Å². The monoisotopic (exact) mass is 273 g/mol. The van der Waals surface area contributed by atoms with Crippen molar-refractivity contribution in [1.29, 1.82) is 0 Å². The molecule has 2 saturated carbocycles. The van der Waals surface area contributed by atoms with Gasteiger partial charge >= 0.3 is 0 Å². The minimum absolute atomic E-state index is 0.388. The van der Waals surface area contributed by atoms with E-state index in [9.17, 15) is 0 Å². The first-order valence-corrected chi connectivity index (χ1v) is 7.78. The van der Waals surface area contributed by atoms with Gasteiger partial charge in [-0.25, -0.2) is 0 Å². The van der Waals surface area contributed by atoms with Gasteiger partial charge in [-0.15, -0.1) is 0 Å². The number of anilines is 1. The number of methoxy groups -OCH3 is 1. The van der Waals surface area contributed by atoms with Crippen LogP contribution in [0.1, 0.15) is 45.6 Å². The van der Waals surface area contributed by atoms with E-state index >= 15 is 0 Å². The lowest BCUT2D eigenvalue weighted by atomic mass is 9.68. The summed E-state index contributed by atoms with van der Waals surface area (Å²) in [6.07, 6.45) is 4.16. The molecule has 0 saturated heterocycles. The van der Waals surface area contributed by atoms with Gasteiger partial charge in [-0.3, -0.25) is 0 Å². The summed E-state index contributed by atoms with van der Waals surface area (Å²) in [6.45, 7) is 9.52. The number of benzene rings is 1. The minimum atomic E-state index is 0.388. The van der Waals surface area contributed by atoms with Crippen LogP contribution in [0.4, 0.5) is 5.69 Å². The van der Waals surface area contributed by atoms with Crippen LogP contribution in [0.2, 0.25) is 0 Å². The first-order valence-electron chi connectivity index (χ1n) is 7.78. The van der Waals surface area contributed by atoms with Crippen molar-refractivity contribution in [2.75, 3.05) is 12.4 Å². The molecule has 1 unspecified atom stereocenters. The van der Waals surface area contributed by atoms with Crippen molar-refractivity contribution in [3.05, 3.63) is 23.8 Å². The average Bonchev–Trinajstić information content (AvgIpc) is 2.87. The lowest BCUT2D eigenvalue weighted by Crippen LogP contribution is -2.45. The van der Waals surface area contributed by atoms with Gasteiger partial charge in [0.25, 0.3) is 0 Å². The van der Waals surface area contributed by atoms with E-state index in [-0.39, 0.29) is 0 Å². The Bertz CT molecular complexity index is 517. The zero-order valence-electron chi connectivity index (χ0n) is 13.4. The van der Waals surface area contributed by atoms with Gasteiger partial charge in [0.1, 0.15) is 5.75 Å². The van der Waals surface area contributed by atoms with E-state index in [1.807, 2.05) is 0 Å². The van der Waals surface area contributed by atoms with Crippen molar-refractivity contribution in [1.82, 2.24) is 0 Å². The Labute approximate surface area is 122 Å². The summed E-state index contributed by atoms with van der Waals surface area (Å²) in [7, 11) is 1.72. The maximum Gasteiger partial charge on any atom is 0.119 e. The van der Waals surface area contributed by atoms with E-state index in [1.165, 1.54) is 30.5 Å². The molecular weight excluding hydrogens is 246 g/mol. The molecule has 1 aromatic carbocycles. The molecule has 2 bridgehead atoms. The van der Waals surface area contributed by atoms with Crippen LogP contribution in [0.5, 0.6) is 5.75 Å². The molecule has 2 aliphatic rings. The smallest absolute Gasteiger partial charge is 0.119 e. The van der Waals surface area contributed by atoms with Crippen molar-refractivity contribution in [3.8, 4) is 5.75 Å². The maximum absolute atomic E-state index is 5.30. The third kappa shape index (κ3) is 1.92. The molecule has 110 valence electrons.